The van der Waals surface area contributed by atoms with Crippen molar-refractivity contribution in [3.8, 4) is 0 Å². The van der Waals surface area contributed by atoms with Crippen LogP contribution in [0.2, 0.25) is 0 Å². The van der Waals surface area contributed by atoms with E-state index in [1.54, 1.807) is 0 Å². The minimum absolute atomic E-state index is 0.378. The molecule has 0 aromatic rings. The van der Waals surface area contributed by atoms with E-state index in [1.165, 1.54) is 6.42 Å². The number of nitrogens with zero attached hydrogens (tertiary/aromatic N) is 1. The van der Waals surface area contributed by atoms with E-state index in [4.69, 9.17) is 0 Å². The fourth-order valence-electron chi connectivity index (χ4n) is 1.78. The van der Waals surface area contributed by atoms with Crippen LogP contribution in [0.1, 0.15) is 19.3 Å². The molecule has 1 amide bonds. The minimum atomic E-state index is 0.378. The maximum Gasteiger partial charge on any atom is 0.222 e. The van der Waals surface area contributed by atoms with Gasteiger partial charge in [-0.2, -0.15) is 0 Å². The van der Waals surface area contributed by atoms with Crippen molar-refractivity contribution in [3.05, 3.63) is 0 Å². The summed E-state index contributed by atoms with van der Waals surface area (Å²) in [6.45, 7) is 2.09. The Morgan fingerprint density at radius 1 is 1.44 bits per heavy atom. The van der Waals surface area contributed by atoms with Crippen molar-refractivity contribution in [2.45, 2.75) is 19.3 Å². The van der Waals surface area contributed by atoms with Gasteiger partial charge in [-0.1, -0.05) is 0 Å². The molecule has 0 radical (unpaired) electrons. The maximum absolute atomic E-state index is 11.0. The van der Waals surface area contributed by atoms with Gasteiger partial charge in [0.15, 0.2) is 0 Å². The Labute approximate surface area is 54.8 Å². The number of fused-ring (bicyclic) bond motifs is 2. The Hall–Kier alpha value is -0.530. The molecule has 2 aliphatic heterocycles. The zero-order chi connectivity index (χ0) is 6.27. The molecule has 0 aromatic carbocycles. The van der Waals surface area contributed by atoms with Gasteiger partial charge in [-0.15, -0.1) is 0 Å². The number of rotatable bonds is 0. The molecule has 0 saturated carbocycles. The number of hydrogen-bond donors (Lipinski definition) is 0. The molecule has 2 aliphatic rings. The summed E-state index contributed by atoms with van der Waals surface area (Å²) in [5, 5.41) is 0. The second-order valence-corrected chi connectivity index (χ2v) is 3.03. The van der Waals surface area contributed by atoms with Crippen LogP contribution < -0.4 is 0 Å². The number of piperidine rings is 1. The lowest BCUT2D eigenvalue weighted by Crippen LogP contribution is -2.31. The van der Waals surface area contributed by atoms with Crippen LogP contribution in [0.15, 0.2) is 0 Å². The lowest BCUT2D eigenvalue weighted by molar-refractivity contribution is -0.131. The zero-order valence-corrected chi connectivity index (χ0v) is 5.47. The van der Waals surface area contributed by atoms with E-state index in [0.29, 0.717) is 5.91 Å². The molecular weight excluding hydrogens is 114 g/mol. The Balaban J connectivity index is 2.14. The molecule has 1 atom stereocenters. The first-order chi connectivity index (χ1) is 4.36. The van der Waals surface area contributed by atoms with Gasteiger partial charge in [-0.25, -0.2) is 0 Å². The molecule has 1 unspecified atom stereocenters. The van der Waals surface area contributed by atoms with Crippen molar-refractivity contribution >= 4 is 5.91 Å². The van der Waals surface area contributed by atoms with Crippen molar-refractivity contribution in [2.24, 2.45) is 5.92 Å². The molecule has 0 aromatic heterocycles. The molecule has 0 N–H and O–H groups in total. The van der Waals surface area contributed by atoms with Crippen LogP contribution >= 0.6 is 0 Å². The minimum Gasteiger partial charge on any atom is -0.342 e. The first-order valence-corrected chi connectivity index (χ1v) is 3.64. The topological polar surface area (TPSA) is 20.3 Å². The Bertz CT molecular complexity index is 144. The molecule has 2 nitrogen and oxygen atoms in total. The van der Waals surface area contributed by atoms with Gasteiger partial charge in [0.1, 0.15) is 0 Å². The van der Waals surface area contributed by atoms with Gasteiger partial charge in [-0.05, 0) is 18.8 Å². The molecular formula is C7H11NO. The van der Waals surface area contributed by atoms with E-state index in [1.807, 2.05) is 4.90 Å². The lowest BCUT2D eigenvalue weighted by atomic mass is 10.0. The monoisotopic (exact) mass is 125 g/mol. The van der Waals surface area contributed by atoms with Crippen molar-refractivity contribution < 1.29 is 4.79 Å². The van der Waals surface area contributed by atoms with Gasteiger partial charge in [-0.3, -0.25) is 4.79 Å². The molecule has 9 heavy (non-hydrogen) atoms. The average Bonchev–Trinajstić information content (AvgIpc) is 2.25. The second-order valence-electron chi connectivity index (χ2n) is 3.03. The summed E-state index contributed by atoms with van der Waals surface area (Å²) in [6, 6.07) is 0. The van der Waals surface area contributed by atoms with Crippen molar-refractivity contribution in [3.63, 3.8) is 0 Å². The highest BCUT2D eigenvalue weighted by Gasteiger charge is 2.30. The SMILES string of the molecule is O=C1CCC2CCN1C2. The van der Waals surface area contributed by atoms with Crippen molar-refractivity contribution in [2.75, 3.05) is 13.1 Å². The van der Waals surface area contributed by atoms with Gasteiger partial charge in [0, 0.05) is 19.5 Å². The van der Waals surface area contributed by atoms with E-state index in [9.17, 15) is 4.79 Å². The van der Waals surface area contributed by atoms with E-state index >= 15 is 0 Å². The smallest absolute Gasteiger partial charge is 0.222 e. The van der Waals surface area contributed by atoms with Gasteiger partial charge < -0.3 is 4.90 Å². The van der Waals surface area contributed by atoms with E-state index in [2.05, 4.69) is 0 Å². The van der Waals surface area contributed by atoms with Crippen LogP contribution in [0.3, 0.4) is 0 Å². The molecule has 2 bridgehead atoms. The molecule has 2 fully saturated rings. The Morgan fingerprint density at radius 2 is 2.33 bits per heavy atom. The van der Waals surface area contributed by atoms with Crippen LogP contribution in [0.5, 0.6) is 0 Å². The first-order valence-electron chi connectivity index (χ1n) is 3.64. The maximum atomic E-state index is 11.0. The predicted molar refractivity (Wildman–Crippen MR) is 33.9 cm³/mol. The number of amides is 1. The van der Waals surface area contributed by atoms with E-state index in [0.717, 1.165) is 31.8 Å². The third kappa shape index (κ3) is 0.732. The summed E-state index contributed by atoms with van der Waals surface area (Å²) in [5.74, 6) is 1.23. The number of carbonyl (C=O) groups is 1. The normalized spacial score (nSPS) is 33.6. The van der Waals surface area contributed by atoms with Crippen LogP contribution in [0.4, 0.5) is 0 Å². The molecule has 2 heteroatoms. The molecule has 50 valence electrons. The van der Waals surface area contributed by atoms with Crippen molar-refractivity contribution in [1.82, 2.24) is 4.90 Å². The molecule has 0 aliphatic carbocycles. The summed E-state index contributed by atoms with van der Waals surface area (Å²) in [6.07, 6.45) is 3.21. The summed E-state index contributed by atoms with van der Waals surface area (Å²) in [5.41, 5.74) is 0. The lowest BCUT2D eigenvalue weighted by Gasteiger charge is -2.21. The summed E-state index contributed by atoms with van der Waals surface area (Å²) in [4.78, 5) is 13.0. The molecule has 2 heterocycles. The first kappa shape index (κ1) is 5.27. The molecule has 0 spiro atoms. The van der Waals surface area contributed by atoms with Crippen LogP contribution in [0.25, 0.3) is 0 Å². The Morgan fingerprint density at radius 3 is 3.11 bits per heavy atom. The van der Waals surface area contributed by atoms with Gasteiger partial charge in [0.25, 0.3) is 0 Å². The largest absolute Gasteiger partial charge is 0.342 e. The third-order valence-corrected chi connectivity index (χ3v) is 2.41. The van der Waals surface area contributed by atoms with Crippen LogP contribution in [0, 0.1) is 5.92 Å². The number of carbonyl (C=O) groups excluding carboxylic acids is 1. The fraction of sp³-hybridized carbons (Fsp3) is 0.857. The highest BCUT2D eigenvalue weighted by Crippen LogP contribution is 2.26. The highest BCUT2D eigenvalue weighted by atomic mass is 16.2. The number of hydrogen-bond acceptors (Lipinski definition) is 1. The summed E-state index contributed by atoms with van der Waals surface area (Å²) in [7, 11) is 0. The third-order valence-electron chi connectivity index (χ3n) is 2.41. The predicted octanol–water partition coefficient (Wildman–Crippen LogP) is 0.629. The van der Waals surface area contributed by atoms with E-state index in [-0.39, 0.29) is 0 Å². The highest BCUT2D eigenvalue weighted by molar-refractivity contribution is 5.77. The molecule has 2 saturated heterocycles. The van der Waals surface area contributed by atoms with Crippen molar-refractivity contribution in [1.29, 1.82) is 0 Å². The fourth-order valence-corrected chi connectivity index (χ4v) is 1.78. The second kappa shape index (κ2) is 1.72. The zero-order valence-electron chi connectivity index (χ0n) is 5.47. The molecule has 2 rings (SSSR count). The van der Waals surface area contributed by atoms with Crippen LogP contribution in [-0.2, 0) is 4.79 Å². The van der Waals surface area contributed by atoms with Gasteiger partial charge in [0.05, 0.1) is 0 Å². The Kier molecular flexibility index (Phi) is 1.01. The van der Waals surface area contributed by atoms with E-state index < -0.39 is 0 Å². The van der Waals surface area contributed by atoms with Gasteiger partial charge in [0.2, 0.25) is 5.91 Å². The summed E-state index contributed by atoms with van der Waals surface area (Å²) >= 11 is 0. The summed E-state index contributed by atoms with van der Waals surface area (Å²) < 4.78 is 0. The average molecular weight is 125 g/mol. The van der Waals surface area contributed by atoms with Crippen LogP contribution in [-0.4, -0.2) is 23.9 Å². The quantitative estimate of drug-likeness (QED) is 0.465. The standard InChI is InChI=1S/C7H11NO/c9-7-2-1-6-3-4-8(7)5-6/h6H,1-5H2. The van der Waals surface area contributed by atoms with Gasteiger partial charge >= 0.3 is 0 Å².